The topological polar surface area (TPSA) is 29.5 Å². The molecule has 1 aromatic rings. The number of rotatable bonds is 1. The Balaban J connectivity index is 1.86. The van der Waals surface area contributed by atoms with Crippen molar-refractivity contribution < 1.29 is 9.53 Å². The van der Waals surface area contributed by atoms with E-state index in [4.69, 9.17) is 16.3 Å². The third kappa shape index (κ3) is 2.37. The molecule has 0 N–H and O–H groups in total. The van der Waals surface area contributed by atoms with Gasteiger partial charge in [0.1, 0.15) is 0 Å². The van der Waals surface area contributed by atoms with Crippen LogP contribution in [0.25, 0.3) is 0 Å². The van der Waals surface area contributed by atoms with E-state index in [1.54, 1.807) is 4.90 Å². The van der Waals surface area contributed by atoms with Crippen molar-refractivity contribution in [3.05, 3.63) is 34.9 Å². The molecule has 2 fully saturated rings. The number of halogens is 1. The summed E-state index contributed by atoms with van der Waals surface area (Å²) in [6, 6.07) is 7.54. The van der Waals surface area contributed by atoms with Crippen molar-refractivity contribution in [3.8, 4) is 0 Å². The summed E-state index contributed by atoms with van der Waals surface area (Å²) in [5, 5.41) is 0.698. The van der Waals surface area contributed by atoms with Gasteiger partial charge in [-0.3, -0.25) is 4.79 Å². The van der Waals surface area contributed by atoms with Gasteiger partial charge < -0.3 is 9.64 Å². The van der Waals surface area contributed by atoms with E-state index in [0.29, 0.717) is 5.02 Å². The number of ether oxygens (including phenoxy) is 1. The van der Waals surface area contributed by atoms with Crippen molar-refractivity contribution in [1.82, 2.24) is 4.90 Å². The van der Waals surface area contributed by atoms with Gasteiger partial charge in [0.15, 0.2) is 6.23 Å². The van der Waals surface area contributed by atoms with Gasteiger partial charge in [0.25, 0.3) is 0 Å². The Morgan fingerprint density at radius 3 is 2.63 bits per heavy atom. The van der Waals surface area contributed by atoms with E-state index in [1.807, 2.05) is 31.3 Å². The predicted octanol–water partition coefficient (Wildman–Crippen LogP) is 3.39. The average Bonchev–Trinajstić information content (AvgIpc) is 2.44. The molecule has 2 aliphatic rings. The first-order valence-electron chi connectivity index (χ1n) is 6.84. The molecule has 1 aromatic carbocycles. The van der Waals surface area contributed by atoms with E-state index in [1.165, 1.54) is 0 Å². The highest BCUT2D eigenvalue weighted by molar-refractivity contribution is 6.30. The van der Waals surface area contributed by atoms with Crippen LogP contribution < -0.4 is 0 Å². The average molecular weight is 280 g/mol. The Labute approximate surface area is 118 Å². The molecular formula is C15H18ClNO2. The van der Waals surface area contributed by atoms with E-state index in [-0.39, 0.29) is 24.2 Å². The molecule has 0 spiro atoms. The largest absolute Gasteiger partial charge is 0.350 e. The maximum Gasteiger partial charge on any atom is 0.230 e. The number of carbonyl (C=O) groups excluding carboxylic acids is 1. The summed E-state index contributed by atoms with van der Waals surface area (Å²) in [4.78, 5) is 14.2. The molecule has 0 radical (unpaired) electrons. The Morgan fingerprint density at radius 1 is 1.21 bits per heavy atom. The third-order valence-corrected chi connectivity index (χ3v) is 4.43. The zero-order valence-corrected chi connectivity index (χ0v) is 11.8. The van der Waals surface area contributed by atoms with Crippen LogP contribution >= 0.6 is 11.6 Å². The number of hydrogen-bond donors (Lipinski definition) is 0. The van der Waals surface area contributed by atoms with Gasteiger partial charge in [-0.15, -0.1) is 0 Å². The summed E-state index contributed by atoms with van der Waals surface area (Å²) in [6.45, 7) is 0. The molecule has 19 heavy (non-hydrogen) atoms. The van der Waals surface area contributed by atoms with Crippen LogP contribution in [0.5, 0.6) is 0 Å². The second kappa shape index (κ2) is 5.14. The van der Waals surface area contributed by atoms with E-state index < -0.39 is 0 Å². The van der Waals surface area contributed by atoms with Gasteiger partial charge in [-0.25, -0.2) is 0 Å². The van der Waals surface area contributed by atoms with Crippen LogP contribution in [0.4, 0.5) is 0 Å². The van der Waals surface area contributed by atoms with Crippen molar-refractivity contribution >= 4 is 17.5 Å². The SMILES string of the molecule is CN1C(=O)[C@@H]2CCCC[C@@H]2O[C@H]1c1ccc(Cl)cc1. The molecule has 1 amide bonds. The normalized spacial score (nSPS) is 31.2. The summed E-state index contributed by atoms with van der Waals surface area (Å²) >= 11 is 5.90. The minimum atomic E-state index is -0.274. The van der Waals surface area contributed by atoms with Gasteiger partial charge >= 0.3 is 0 Å². The van der Waals surface area contributed by atoms with Crippen molar-refractivity contribution in [1.29, 1.82) is 0 Å². The van der Waals surface area contributed by atoms with Crippen LogP contribution in [-0.2, 0) is 9.53 Å². The summed E-state index contributed by atoms with van der Waals surface area (Å²) in [5.74, 6) is 0.276. The maximum atomic E-state index is 12.4. The summed E-state index contributed by atoms with van der Waals surface area (Å²) in [6.07, 6.45) is 4.05. The lowest BCUT2D eigenvalue weighted by Crippen LogP contribution is -2.50. The van der Waals surface area contributed by atoms with Crippen molar-refractivity contribution in [3.63, 3.8) is 0 Å². The van der Waals surface area contributed by atoms with E-state index in [9.17, 15) is 4.79 Å². The minimum absolute atomic E-state index is 0.0577. The smallest absolute Gasteiger partial charge is 0.230 e. The molecule has 1 saturated heterocycles. The first kappa shape index (κ1) is 12.9. The zero-order valence-electron chi connectivity index (χ0n) is 11.0. The molecule has 3 nitrogen and oxygen atoms in total. The predicted molar refractivity (Wildman–Crippen MR) is 73.8 cm³/mol. The van der Waals surface area contributed by atoms with E-state index >= 15 is 0 Å². The van der Waals surface area contributed by atoms with Crippen LogP contribution in [-0.4, -0.2) is 24.0 Å². The molecule has 0 bridgehead atoms. The highest BCUT2D eigenvalue weighted by Crippen LogP contribution is 2.38. The Kier molecular flexibility index (Phi) is 3.50. The number of carbonyl (C=O) groups is 1. The molecule has 3 rings (SSSR count). The van der Waals surface area contributed by atoms with E-state index in [2.05, 4.69) is 0 Å². The van der Waals surface area contributed by atoms with Gasteiger partial charge in [-0.05, 0) is 25.0 Å². The molecule has 1 heterocycles. The fourth-order valence-corrected chi connectivity index (χ4v) is 3.23. The molecule has 102 valence electrons. The number of benzene rings is 1. The first-order chi connectivity index (χ1) is 9.16. The summed E-state index contributed by atoms with van der Waals surface area (Å²) < 4.78 is 6.16. The van der Waals surface area contributed by atoms with Gasteiger partial charge in [0.2, 0.25) is 5.91 Å². The molecule has 1 aliphatic carbocycles. The van der Waals surface area contributed by atoms with Gasteiger partial charge in [0.05, 0.1) is 12.0 Å². The van der Waals surface area contributed by atoms with E-state index in [0.717, 1.165) is 31.2 Å². The van der Waals surface area contributed by atoms with Gasteiger partial charge in [0, 0.05) is 17.6 Å². The molecule has 0 unspecified atom stereocenters. The molecule has 0 aromatic heterocycles. The van der Waals surface area contributed by atoms with Crippen LogP contribution in [0.3, 0.4) is 0 Å². The minimum Gasteiger partial charge on any atom is -0.350 e. The van der Waals surface area contributed by atoms with Gasteiger partial charge in [-0.2, -0.15) is 0 Å². The number of nitrogens with zero attached hydrogens (tertiary/aromatic N) is 1. The summed E-state index contributed by atoms with van der Waals surface area (Å²) in [7, 11) is 1.83. The maximum absolute atomic E-state index is 12.4. The number of fused-ring (bicyclic) bond motifs is 1. The molecule has 3 atom stereocenters. The monoisotopic (exact) mass is 279 g/mol. The van der Waals surface area contributed by atoms with Crippen molar-refractivity contribution in [2.45, 2.75) is 38.0 Å². The van der Waals surface area contributed by atoms with Crippen molar-refractivity contribution in [2.24, 2.45) is 5.92 Å². The Morgan fingerprint density at radius 2 is 1.89 bits per heavy atom. The lowest BCUT2D eigenvalue weighted by Gasteiger charge is -2.44. The standard InChI is InChI=1S/C15H18ClNO2/c1-17-14(18)12-4-2-3-5-13(12)19-15(17)10-6-8-11(16)9-7-10/h6-9,12-13,15H,2-5H2,1H3/t12-,13+,15+/m1/s1. The lowest BCUT2D eigenvalue weighted by atomic mass is 9.84. The van der Waals surface area contributed by atoms with Crippen LogP contribution in [0.15, 0.2) is 24.3 Å². The zero-order chi connectivity index (χ0) is 13.4. The molecular weight excluding hydrogens is 262 g/mol. The second-order valence-corrected chi connectivity index (χ2v) is 5.85. The second-order valence-electron chi connectivity index (χ2n) is 5.42. The van der Waals surface area contributed by atoms with Gasteiger partial charge in [-0.1, -0.05) is 36.6 Å². The fourth-order valence-electron chi connectivity index (χ4n) is 3.11. The molecule has 1 saturated carbocycles. The van der Waals surface area contributed by atoms with Crippen LogP contribution in [0.1, 0.15) is 37.5 Å². The number of hydrogen-bond acceptors (Lipinski definition) is 2. The van der Waals surface area contributed by atoms with Crippen LogP contribution in [0.2, 0.25) is 5.02 Å². The summed E-state index contributed by atoms with van der Waals surface area (Å²) in [5.41, 5.74) is 0.990. The third-order valence-electron chi connectivity index (χ3n) is 4.18. The Bertz CT molecular complexity index is 474. The quantitative estimate of drug-likeness (QED) is 0.789. The Hall–Kier alpha value is -1.06. The fraction of sp³-hybridized carbons (Fsp3) is 0.533. The number of amides is 1. The lowest BCUT2D eigenvalue weighted by molar-refractivity contribution is -0.191. The molecule has 1 aliphatic heterocycles. The first-order valence-corrected chi connectivity index (χ1v) is 7.22. The van der Waals surface area contributed by atoms with Crippen molar-refractivity contribution in [2.75, 3.05) is 7.05 Å². The van der Waals surface area contributed by atoms with Crippen LogP contribution in [0, 0.1) is 5.92 Å². The highest BCUT2D eigenvalue weighted by atomic mass is 35.5. The highest BCUT2D eigenvalue weighted by Gasteiger charge is 2.42. The molecule has 4 heteroatoms.